The van der Waals surface area contributed by atoms with Crippen LogP contribution in [-0.2, 0) is 0 Å². The minimum absolute atomic E-state index is 0.0439. The molecule has 24 heavy (non-hydrogen) atoms. The van der Waals surface area contributed by atoms with Crippen LogP contribution in [0.5, 0.6) is 5.75 Å². The summed E-state index contributed by atoms with van der Waals surface area (Å²) in [4.78, 5) is 17.6. The molecule has 0 spiro atoms. The number of rotatable bonds is 2. The number of hydrogen-bond donors (Lipinski definition) is 1. The molecular formula is C17H19N3O3S. The number of nitrogens with zero attached hydrogens (tertiary/aromatic N) is 3. The summed E-state index contributed by atoms with van der Waals surface area (Å²) in [5.74, 6) is 1.40. The van der Waals surface area contributed by atoms with Crippen molar-refractivity contribution in [2.24, 2.45) is 4.99 Å². The van der Waals surface area contributed by atoms with Crippen molar-refractivity contribution in [2.45, 2.75) is 38.5 Å². The zero-order chi connectivity index (χ0) is 17.5. The number of aliphatic imine (C=N–C) groups is 1. The molecule has 3 rings (SSSR count). The molecule has 0 bridgehead atoms. The quantitative estimate of drug-likeness (QED) is 0.654. The maximum Gasteiger partial charge on any atom is 0.208 e. The lowest BCUT2D eigenvalue weighted by Gasteiger charge is -2.45. The molecule has 126 valence electrons. The lowest BCUT2D eigenvalue weighted by molar-refractivity contribution is -0.0800. The Balaban J connectivity index is 2.13. The van der Waals surface area contributed by atoms with Gasteiger partial charge in [0.1, 0.15) is 17.5 Å². The van der Waals surface area contributed by atoms with Crippen molar-refractivity contribution in [3.8, 4) is 11.9 Å². The third-order valence-corrected chi connectivity index (χ3v) is 5.38. The Bertz CT molecular complexity index is 754. The third-order valence-electron chi connectivity index (χ3n) is 4.41. The van der Waals surface area contributed by atoms with Crippen LogP contribution < -0.4 is 4.74 Å². The van der Waals surface area contributed by atoms with Crippen molar-refractivity contribution in [1.82, 2.24) is 4.90 Å². The lowest BCUT2D eigenvalue weighted by atomic mass is 9.85. The maximum absolute atomic E-state index is 11.7. The number of benzene rings is 1. The van der Waals surface area contributed by atoms with E-state index in [4.69, 9.17) is 10.00 Å². The number of carbonyl (C=O) groups is 1. The highest BCUT2D eigenvalue weighted by atomic mass is 32.2. The first-order valence-corrected chi connectivity index (χ1v) is 8.72. The zero-order valence-corrected chi connectivity index (χ0v) is 14.6. The van der Waals surface area contributed by atoms with Gasteiger partial charge >= 0.3 is 0 Å². The summed E-state index contributed by atoms with van der Waals surface area (Å²) in [5.41, 5.74) is 0.531. The van der Waals surface area contributed by atoms with Gasteiger partial charge in [0.05, 0.1) is 6.04 Å². The second-order valence-electron chi connectivity index (χ2n) is 6.44. The van der Waals surface area contributed by atoms with Crippen LogP contribution in [-0.4, -0.2) is 45.0 Å². The number of thioether (sulfide) groups is 1. The van der Waals surface area contributed by atoms with Crippen molar-refractivity contribution in [3.63, 3.8) is 0 Å². The second kappa shape index (κ2) is 6.11. The highest BCUT2D eigenvalue weighted by Crippen LogP contribution is 2.45. The molecule has 0 aliphatic carbocycles. The molecule has 0 radical (unpaired) electrons. The molecule has 0 unspecified atom stereocenters. The van der Waals surface area contributed by atoms with Gasteiger partial charge in [0.25, 0.3) is 0 Å². The van der Waals surface area contributed by atoms with Gasteiger partial charge in [0.15, 0.2) is 11.0 Å². The van der Waals surface area contributed by atoms with Crippen LogP contribution in [0.15, 0.2) is 23.2 Å². The molecule has 6 nitrogen and oxygen atoms in total. The van der Waals surface area contributed by atoms with Crippen LogP contribution in [0.3, 0.4) is 0 Å². The minimum atomic E-state index is -0.824. The van der Waals surface area contributed by atoms with Gasteiger partial charge in [0, 0.05) is 23.4 Å². The molecular weight excluding hydrogens is 326 g/mol. The number of nitriles is 1. The number of Topliss-reactive ketones (excluding diaryl/α,β-unsaturated/α-hetero) is 1. The summed E-state index contributed by atoms with van der Waals surface area (Å²) in [6, 6.07) is 4.87. The van der Waals surface area contributed by atoms with E-state index in [1.54, 1.807) is 18.2 Å². The molecule has 1 aromatic carbocycles. The molecule has 1 N–H and O–H groups in total. The molecule has 2 atom stereocenters. The first kappa shape index (κ1) is 16.8. The summed E-state index contributed by atoms with van der Waals surface area (Å²) < 4.78 is 5.95. The van der Waals surface area contributed by atoms with E-state index >= 15 is 0 Å². The van der Waals surface area contributed by atoms with Crippen LogP contribution >= 0.6 is 11.8 Å². The molecule has 1 fully saturated rings. The third kappa shape index (κ3) is 2.76. The summed E-state index contributed by atoms with van der Waals surface area (Å²) >= 11 is 1.49. The number of amidine groups is 1. The number of carbonyl (C=O) groups excluding carboxylic acids is 1. The van der Waals surface area contributed by atoms with Crippen LogP contribution in [0, 0.1) is 11.5 Å². The fourth-order valence-corrected chi connectivity index (χ4v) is 4.08. The van der Waals surface area contributed by atoms with E-state index in [-0.39, 0.29) is 5.78 Å². The average molecular weight is 345 g/mol. The van der Waals surface area contributed by atoms with Gasteiger partial charge in [0.2, 0.25) is 6.19 Å². The number of hydrogen-bond acceptors (Lipinski definition) is 6. The van der Waals surface area contributed by atoms with Gasteiger partial charge in [-0.1, -0.05) is 11.8 Å². The number of ketones is 1. The standard InChI is InChI=1S/C17H19N3O3S/c1-10(21)11-4-5-13-12(8-11)14(15(22)17(2,3)23-13)20-6-7-24-16(20)19-9-18/h4-5,8,14-15,22H,6-7H2,1-3H3/t14-,15+/m0/s1. The molecule has 2 aliphatic heterocycles. The predicted octanol–water partition coefficient (Wildman–Crippen LogP) is 2.35. The topological polar surface area (TPSA) is 85.9 Å². The molecule has 0 aromatic heterocycles. The van der Waals surface area contributed by atoms with E-state index in [0.717, 1.165) is 11.3 Å². The van der Waals surface area contributed by atoms with E-state index in [1.807, 2.05) is 24.9 Å². The molecule has 0 saturated carbocycles. The van der Waals surface area contributed by atoms with Gasteiger partial charge in [-0.25, -0.2) is 0 Å². The first-order chi connectivity index (χ1) is 11.3. The van der Waals surface area contributed by atoms with Crippen molar-refractivity contribution in [1.29, 1.82) is 5.26 Å². The SMILES string of the molecule is CC(=O)c1ccc2c(c1)[C@H](N1CCSC1=NC#N)[C@@H](O)C(C)(C)O2. The van der Waals surface area contributed by atoms with Crippen molar-refractivity contribution in [3.05, 3.63) is 29.3 Å². The average Bonchev–Trinajstić information content (AvgIpc) is 2.96. The first-order valence-electron chi connectivity index (χ1n) is 7.73. The van der Waals surface area contributed by atoms with E-state index in [0.29, 0.717) is 23.0 Å². The Labute approximate surface area is 145 Å². The van der Waals surface area contributed by atoms with Gasteiger partial charge in [-0.3, -0.25) is 4.79 Å². The fraction of sp³-hybridized carbons (Fsp3) is 0.471. The largest absolute Gasteiger partial charge is 0.485 e. The van der Waals surface area contributed by atoms with E-state index < -0.39 is 17.7 Å². The Morgan fingerprint density at radius 3 is 2.96 bits per heavy atom. The molecule has 1 aromatic rings. The van der Waals surface area contributed by atoms with E-state index in [2.05, 4.69) is 4.99 Å². The Kier molecular flexibility index (Phi) is 4.28. The van der Waals surface area contributed by atoms with Crippen molar-refractivity contribution >= 4 is 22.7 Å². The Morgan fingerprint density at radius 2 is 2.29 bits per heavy atom. The van der Waals surface area contributed by atoms with Gasteiger partial charge < -0.3 is 14.7 Å². The van der Waals surface area contributed by atoms with Crippen LogP contribution in [0.25, 0.3) is 0 Å². The lowest BCUT2D eigenvalue weighted by Crippen LogP contribution is -2.53. The number of aliphatic hydroxyl groups excluding tert-OH is 1. The Morgan fingerprint density at radius 1 is 1.54 bits per heavy atom. The maximum atomic E-state index is 11.7. The zero-order valence-electron chi connectivity index (χ0n) is 13.8. The fourth-order valence-electron chi connectivity index (χ4n) is 3.14. The van der Waals surface area contributed by atoms with Crippen LogP contribution in [0.2, 0.25) is 0 Å². The highest BCUT2D eigenvalue weighted by Gasteiger charge is 2.47. The summed E-state index contributed by atoms with van der Waals surface area (Å²) in [6.07, 6.45) is 1.00. The van der Waals surface area contributed by atoms with Gasteiger partial charge in [-0.05, 0) is 39.0 Å². The molecule has 2 aliphatic rings. The Hall–Kier alpha value is -2.04. The normalized spacial score (nSPS) is 26.6. The smallest absolute Gasteiger partial charge is 0.208 e. The van der Waals surface area contributed by atoms with E-state index in [9.17, 15) is 9.90 Å². The van der Waals surface area contributed by atoms with E-state index in [1.165, 1.54) is 18.7 Å². The number of fused-ring (bicyclic) bond motifs is 1. The molecule has 0 amide bonds. The summed E-state index contributed by atoms with van der Waals surface area (Å²) in [5, 5.41) is 20.4. The van der Waals surface area contributed by atoms with Gasteiger partial charge in [-0.2, -0.15) is 5.26 Å². The van der Waals surface area contributed by atoms with Crippen LogP contribution in [0.1, 0.15) is 42.7 Å². The van der Waals surface area contributed by atoms with Gasteiger partial charge in [-0.15, -0.1) is 4.99 Å². The summed E-state index contributed by atoms with van der Waals surface area (Å²) in [7, 11) is 0. The highest BCUT2D eigenvalue weighted by molar-refractivity contribution is 8.14. The minimum Gasteiger partial charge on any atom is -0.485 e. The number of aliphatic hydroxyl groups is 1. The van der Waals surface area contributed by atoms with Crippen molar-refractivity contribution < 1.29 is 14.6 Å². The molecule has 1 saturated heterocycles. The second-order valence-corrected chi connectivity index (χ2v) is 7.50. The number of ether oxygens (including phenoxy) is 1. The monoisotopic (exact) mass is 345 g/mol. The van der Waals surface area contributed by atoms with Crippen LogP contribution in [0.4, 0.5) is 0 Å². The van der Waals surface area contributed by atoms with Crippen molar-refractivity contribution in [2.75, 3.05) is 12.3 Å². The summed E-state index contributed by atoms with van der Waals surface area (Å²) in [6.45, 7) is 5.84. The molecule has 2 heterocycles. The molecule has 7 heteroatoms. The predicted molar refractivity (Wildman–Crippen MR) is 92.1 cm³/mol.